The smallest absolute Gasteiger partial charge is 0.0547 e. The second-order valence-corrected chi connectivity index (χ2v) is 14.6. The van der Waals surface area contributed by atoms with Crippen LogP contribution in [0.1, 0.15) is 0 Å². The molecule has 0 saturated carbocycles. The molecule has 0 atom stereocenters. The number of hydrogen-bond acceptors (Lipinski definition) is 0. The summed E-state index contributed by atoms with van der Waals surface area (Å²) in [7, 11) is 0. The molecule has 262 valence electrons. The Hall–Kier alpha value is -7.42. The average Bonchev–Trinajstić information content (AvgIpc) is 3.79. The second-order valence-electron chi connectivity index (χ2n) is 14.6. The number of fused-ring (bicyclic) bond motifs is 6. The van der Waals surface area contributed by atoms with Gasteiger partial charge in [0.1, 0.15) is 0 Å². The van der Waals surface area contributed by atoms with E-state index >= 15 is 0 Å². The SMILES string of the molecule is c1ccc(-c2ccc(-n3c4ccccc4c4cc(-c5ccc(-c6ccc7c8ccccc8n(-c8ccc(-c9ccccc9)cc8)c7c6)cc5)ccc43)cc2)cc1. The minimum absolute atomic E-state index is 1.16. The van der Waals surface area contributed by atoms with E-state index in [-0.39, 0.29) is 0 Å². The van der Waals surface area contributed by atoms with Crippen molar-refractivity contribution in [2.24, 2.45) is 0 Å². The Morgan fingerprint density at radius 2 is 0.536 bits per heavy atom. The third-order valence-electron chi connectivity index (χ3n) is 11.4. The van der Waals surface area contributed by atoms with Gasteiger partial charge in [-0.25, -0.2) is 0 Å². The summed E-state index contributed by atoms with van der Waals surface area (Å²) in [4.78, 5) is 0. The summed E-state index contributed by atoms with van der Waals surface area (Å²) in [5, 5.41) is 5.03. The first-order chi connectivity index (χ1) is 27.8. The van der Waals surface area contributed by atoms with Gasteiger partial charge in [0, 0.05) is 32.9 Å². The molecule has 0 bridgehead atoms. The Kier molecular flexibility index (Phi) is 7.53. The van der Waals surface area contributed by atoms with Gasteiger partial charge in [-0.05, 0) is 99.1 Å². The van der Waals surface area contributed by atoms with Crippen molar-refractivity contribution in [3.05, 3.63) is 218 Å². The quantitative estimate of drug-likeness (QED) is 0.162. The molecule has 0 saturated heterocycles. The molecule has 2 aromatic heterocycles. The van der Waals surface area contributed by atoms with Crippen molar-refractivity contribution in [2.45, 2.75) is 0 Å². The largest absolute Gasteiger partial charge is 0.309 e. The molecule has 0 aliphatic heterocycles. The molecular formula is C54H36N2. The van der Waals surface area contributed by atoms with Crippen LogP contribution < -0.4 is 0 Å². The van der Waals surface area contributed by atoms with Gasteiger partial charge >= 0.3 is 0 Å². The van der Waals surface area contributed by atoms with E-state index in [1.807, 2.05) is 0 Å². The van der Waals surface area contributed by atoms with Crippen LogP contribution in [0.2, 0.25) is 0 Å². The molecule has 11 aromatic rings. The first-order valence-electron chi connectivity index (χ1n) is 19.3. The Balaban J connectivity index is 0.949. The van der Waals surface area contributed by atoms with Gasteiger partial charge in [-0.15, -0.1) is 0 Å². The van der Waals surface area contributed by atoms with Crippen LogP contribution in [0.25, 0.3) is 99.5 Å². The first-order valence-corrected chi connectivity index (χ1v) is 19.3. The molecule has 56 heavy (non-hydrogen) atoms. The molecule has 2 nitrogen and oxygen atoms in total. The lowest BCUT2D eigenvalue weighted by Gasteiger charge is -2.11. The molecule has 9 aromatic carbocycles. The van der Waals surface area contributed by atoms with E-state index < -0.39 is 0 Å². The van der Waals surface area contributed by atoms with Crippen LogP contribution in [-0.2, 0) is 0 Å². The van der Waals surface area contributed by atoms with Crippen molar-refractivity contribution in [1.82, 2.24) is 9.13 Å². The highest BCUT2D eigenvalue weighted by atomic mass is 15.0. The van der Waals surface area contributed by atoms with Crippen molar-refractivity contribution >= 4 is 43.6 Å². The van der Waals surface area contributed by atoms with Crippen molar-refractivity contribution in [2.75, 3.05) is 0 Å². The van der Waals surface area contributed by atoms with E-state index in [1.165, 1.54) is 88.1 Å². The van der Waals surface area contributed by atoms with Crippen LogP contribution >= 0.6 is 0 Å². The predicted molar refractivity (Wildman–Crippen MR) is 237 cm³/mol. The van der Waals surface area contributed by atoms with Crippen molar-refractivity contribution in [3.8, 4) is 55.9 Å². The van der Waals surface area contributed by atoms with Crippen LogP contribution in [-0.4, -0.2) is 9.13 Å². The number of aromatic nitrogens is 2. The third kappa shape index (κ3) is 5.34. The minimum atomic E-state index is 1.16. The van der Waals surface area contributed by atoms with Gasteiger partial charge < -0.3 is 9.13 Å². The third-order valence-corrected chi connectivity index (χ3v) is 11.4. The maximum Gasteiger partial charge on any atom is 0.0547 e. The number of para-hydroxylation sites is 2. The van der Waals surface area contributed by atoms with E-state index in [2.05, 4.69) is 228 Å². The van der Waals surface area contributed by atoms with E-state index in [4.69, 9.17) is 0 Å². The van der Waals surface area contributed by atoms with Crippen LogP contribution in [0.4, 0.5) is 0 Å². The molecule has 0 radical (unpaired) electrons. The van der Waals surface area contributed by atoms with E-state index in [0.717, 1.165) is 11.4 Å². The topological polar surface area (TPSA) is 9.86 Å². The summed E-state index contributed by atoms with van der Waals surface area (Å²) in [6, 6.07) is 79.3. The molecule has 0 aliphatic rings. The first kappa shape index (κ1) is 32.0. The zero-order chi connectivity index (χ0) is 37.0. The maximum absolute atomic E-state index is 2.40. The molecular weight excluding hydrogens is 677 g/mol. The van der Waals surface area contributed by atoms with Crippen LogP contribution in [0, 0.1) is 0 Å². The summed E-state index contributed by atoms with van der Waals surface area (Å²) in [5.74, 6) is 0. The molecule has 0 aliphatic carbocycles. The molecule has 2 heteroatoms. The summed E-state index contributed by atoms with van der Waals surface area (Å²) in [6.07, 6.45) is 0. The summed E-state index contributed by atoms with van der Waals surface area (Å²) in [6.45, 7) is 0. The molecule has 0 spiro atoms. The molecule has 11 rings (SSSR count). The monoisotopic (exact) mass is 712 g/mol. The minimum Gasteiger partial charge on any atom is -0.309 e. The average molecular weight is 713 g/mol. The van der Waals surface area contributed by atoms with Gasteiger partial charge in [0.15, 0.2) is 0 Å². The number of benzene rings is 9. The van der Waals surface area contributed by atoms with Crippen molar-refractivity contribution < 1.29 is 0 Å². The number of nitrogens with zero attached hydrogens (tertiary/aromatic N) is 2. The summed E-state index contributed by atoms with van der Waals surface area (Å²) >= 11 is 0. The standard InChI is InChI=1S/C54H36N2/c1-3-11-37(12-4-1)39-23-29-45(30-24-39)55-52-18-10-8-16-48(52)50-35-43(28-34-53(50)55)41-19-21-42(22-20-41)44-27-33-49-47-15-7-9-17-51(47)56(54(49)36-44)46-31-25-40(26-32-46)38-13-5-2-6-14-38/h1-36H. The van der Waals surface area contributed by atoms with Gasteiger partial charge in [0.25, 0.3) is 0 Å². The maximum atomic E-state index is 2.40. The molecule has 0 unspecified atom stereocenters. The fraction of sp³-hybridized carbons (Fsp3) is 0. The van der Waals surface area contributed by atoms with Gasteiger partial charge in [-0.1, -0.05) is 164 Å². The van der Waals surface area contributed by atoms with Crippen LogP contribution in [0.5, 0.6) is 0 Å². The molecule has 0 fully saturated rings. The van der Waals surface area contributed by atoms with Gasteiger partial charge in [-0.3, -0.25) is 0 Å². The fourth-order valence-electron chi connectivity index (χ4n) is 8.58. The zero-order valence-corrected chi connectivity index (χ0v) is 30.7. The summed E-state index contributed by atoms with van der Waals surface area (Å²) < 4.78 is 4.79. The Morgan fingerprint density at radius 1 is 0.196 bits per heavy atom. The molecule has 0 amide bonds. The lowest BCUT2D eigenvalue weighted by molar-refractivity contribution is 1.18. The lowest BCUT2D eigenvalue weighted by atomic mass is 9.98. The van der Waals surface area contributed by atoms with E-state index in [9.17, 15) is 0 Å². The lowest BCUT2D eigenvalue weighted by Crippen LogP contribution is -1.94. The number of rotatable bonds is 6. The van der Waals surface area contributed by atoms with E-state index in [0.29, 0.717) is 0 Å². The fourth-order valence-corrected chi connectivity index (χ4v) is 8.58. The van der Waals surface area contributed by atoms with Gasteiger partial charge in [0.2, 0.25) is 0 Å². The Morgan fingerprint density at radius 3 is 1.09 bits per heavy atom. The van der Waals surface area contributed by atoms with Crippen molar-refractivity contribution in [1.29, 1.82) is 0 Å². The highest BCUT2D eigenvalue weighted by Crippen LogP contribution is 2.38. The Labute approximate surface area is 325 Å². The predicted octanol–water partition coefficient (Wildman–Crippen LogP) is 14.5. The number of hydrogen-bond donors (Lipinski definition) is 0. The van der Waals surface area contributed by atoms with Crippen molar-refractivity contribution in [3.63, 3.8) is 0 Å². The molecule has 0 N–H and O–H groups in total. The normalized spacial score (nSPS) is 11.6. The van der Waals surface area contributed by atoms with Crippen LogP contribution in [0.15, 0.2) is 218 Å². The summed E-state index contributed by atoms with van der Waals surface area (Å²) in [5.41, 5.74) is 16.8. The highest BCUT2D eigenvalue weighted by Gasteiger charge is 2.16. The zero-order valence-electron chi connectivity index (χ0n) is 30.7. The van der Waals surface area contributed by atoms with Crippen LogP contribution in [0.3, 0.4) is 0 Å². The van der Waals surface area contributed by atoms with Gasteiger partial charge in [-0.2, -0.15) is 0 Å². The Bertz CT molecular complexity index is 3190. The van der Waals surface area contributed by atoms with E-state index in [1.54, 1.807) is 0 Å². The van der Waals surface area contributed by atoms with Gasteiger partial charge in [0.05, 0.1) is 22.1 Å². The second kappa shape index (κ2) is 13.2. The highest BCUT2D eigenvalue weighted by molar-refractivity contribution is 6.11. The molecule has 2 heterocycles.